The fourth-order valence-corrected chi connectivity index (χ4v) is 3.82. The molecule has 0 saturated carbocycles. The molecule has 2 rings (SSSR count). The minimum Gasteiger partial charge on any atom is -0.379 e. The van der Waals surface area contributed by atoms with Gasteiger partial charge in [0.25, 0.3) is 0 Å². The first kappa shape index (κ1) is 19.8. The smallest absolute Gasteiger partial charge is 0.220 e. The van der Waals surface area contributed by atoms with E-state index in [1.165, 1.54) is 4.31 Å². The molecule has 25 heavy (non-hydrogen) atoms. The summed E-state index contributed by atoms with van der Waals surface area (Å²) in [7, 11) is -3.40. The van der Waals surface area contributed by atoms with Gasteiger partial charge in [0.1, 0.15) is 0 Å². The van der Waals surface area contributed by atoms with Gasteiger partial charge in [0.2, 0.25) is 15.9 Å². The Morgan fingerprint density at radius 1 is 1.12 bits per heavy atom. The van der Waals surface area contributed by atoms with Gasteiger partial charge in [-0.05, 0) is 24.3 Å². The average molecular weight is 389 g/mol. The van der Waals surface area contributed by atoms with Crippen molar-refractivity contribution in [1.29, 1.82) is 0 Å². The molecule has 1 aromatic carbocycles. The Morgan fingerprint density at radius 2 is 1.76 bits per heavy atom. The van der Waals surface area contributed by atoms with Crippen LogP contribution in [0.5, 0.6) is 0 Å². The predicted molar refractivity (Wildman–Crippen MR) is 94.2 cm³/mol. The van der Waals surface area contributed by atoms with E-state index in [0.717, 1.165) is 0 Å². The van der Waals surface area contributed by atoms with Crippen LogP contribution in [-0.2, 0) is 19.6 Å². The van der Waals surface area contributed by atoms with Crippen LogP contribution in [0.1, 0.15) is 23.2 Å². The van der Waals surface area contributed by atoms with Crippen molar-refractivity contribution < 1.29 is 22.7 Å². The average Bonchev–Trinajstić information content (AvgIpc) is 2.61. The Morgan fingerprint density at radius 3 is 2.40 bits per heavy atom. The number of hydrogen-bond acceptors (Lipinski definition) is 5. The monoisotopic (exact) mass is 388 g/mol. The van der Waals surface area contributed by atoms with Gasteiger partial charge in [0, 0.05) is 43.1 Å². The van der Waals surface area contributed by atoms with Gasteiger partial charge in [-0.25, -0.2) is 8.42 Å². The number of ketones is 1. The molecule has 0 aromatic heterocycles. The van der Waals surface area contributed by atoms with Crippen molar-refractivity contribution in [1.82, 2.24) is 9.62 Å². The van der Waals surface area contributed by atoms with Crippen LogP contribution < -0.4 is 5.32 Å². The van der Waals surface area contributed by atoms with Crippen molar-refractivity contribution in [3.8, 4) is 0 Å². The predicted octanol–water partition coefficient (Wildman–Crippen LogP) is 1.08. The molecule has 1 amide bonds. The number of nitrogens with one attached hydrogen (secondary N) is 1. The normalized spacial score (nSPS) is 15.7. The zero-order valence-corrected chi connectivity index (χ0v) is 15.3. The number of rotatable bonds is 8. The van der Waals surface area contributed by atoms with Crippen molar-refractivity contribution in [3.05, 3.63) is 34.9 Å². The second-order valence-electron chi connectivity index (χ2n) is 5.61. The van der Waals surface area contributed by atoms with E-state index in [0.29, 0.717) is 36.9 Å². The Hall–Kier alpha value is -1.48. The van der Waals surface area contributed by atoms with Crippen LogP contribution in [0.3, 0.4) is 0 Å². The van der Waals surface area contributed by atoms with Crippen molar-refractivity contribution >= 4 is 33.3 Å². The molecule has 1 heterocycles. The number of sulfonamides is 1. The van der Waals surface area contributed by atoms with E-state index < -0.39 is 10.0 Å². The van der Waals surface area contributed by atoms with E-state index in [4.69, 9.17) is 16.3 Å². The van der Waals surface area contributed by atoms with E-state index in [9.17, 15) is 18.0 Å². The van der Waals surface area contributed by atoms with Crippen molar-refractivity contribution in [2.24, 2.45) is 0 Å². The lowest BCUT2D eigenvalue weighted by molar-refractivity contribution is -0.120. The minimum absolute atomic E-state index is 0.0130. The Balaban J connectivity index is 1.70. The maximum atomic E-state index is 12.1. The summed E-state index contributed by atoms with van der Waals surface area (Å²) in [5.41, 5.74) is 0.493. The van der Waals surface area contributed by atoms with Gasteiger partial charge in [0.05, 0.1) is 19.0 Å². The molecule has 1 aliphatic heterocycles. The summed E-state index contributed by atoms with van der Waals surface area (Å²) in [4.78, 5) is 23.7. The Kier molecular flexibility index (Phi) is 7.37. The fourth-order valence-electron chi connectivity index (χ4n) is 2.37. The summed E-state index contributed by atoms with van der Waals surface area (Å²) in [6.07, 6.45) is 0.0722. The highest BCUT2D eigenvalue weighted by atomic mass is 35.5. The molecule has 0 spiro atoms. The maximum Gasteiger partial charge on any atom is 0.220 e. The third-order valence-corrected chi connectivity index (χ3v) is 5.91. The zero-order chi connectivity index (χ0) is 18.3. The molecular formula is C16H21ClN2O5S. The van der Waals surface area contributed by atoms with Crippen LogP contribution in [0, 0.1) is 0 Å². The van der Waals surface area contributed by atoms with Crippen LogP contribution in [-0.4, -0.2) is 63.0 Å². The van der Waals surface area contributed by atoms with Gasteiger partial charge >= 0.3 is 0 Å². The first-order valence-electron chi connectivity index (χ1n) is 7.99. The number of halogens is 1. The lowest BCUT2D eigenvalue weighted by Crippen LogP contribution is -2.43. The highest BCUT2D eigenvalue weighted by Gasteiger charge is 2.23. The van der Waals surface area contributed by atoms with Crippen LogP contribution in [0.25, 0.3) is 0 Å². The van der Waals surface area contributed by atoms with Crippen LogP contribution in [0.15, 0.2) is 24.3 Å². The lowest BCUT2D eigenvalue weighted by Gasteiger charge is -2.26. The highest BCUT2D eigenvalue weighted by Crippen LogP contribution is 2.12. The number of carbonyl (C=O) groups is 2. The Bertz CT molecular complexity index is 700. The summed E-state index contributed by atoms with van der Waals surface area (Å²) in [6, 6.07) is 6.45. The number of Topliss-reactive ketones (excluding diaryl/α,β-unsaturated/α-hetero) is 1. The zero-order valence-electron chi connectivity index (χ0n) is 13.7. The van der Waals surface area contributed by atoms with Gasteiger partial charge in [-0.15, -0.1) is 0 Å². The molecule has 1 fully saturated rings. The molecular weight excluding hydrogens is 368 g/mol. The molecule has 0 unspecified atom stereocenters. The lowest BCUT2D eigenvalue weighted by atomic mass is 10.1. The second-order valence-corrected chi connectivity index (χ2v) is 8.13. The number of amides is 1. The van der Waals surface area contributed by atoms with Gasteiger partial charge in [-0.1, -0.05) is 11.6 Å². The molecule has 0 aliphatic carbocycles. The number of ether oxygens (including phenoxy) is 1. The molecule has 138 valence electrons. The van der Waals surface area contributed by atoms with Gasteiger partial charge in [-0.2, -0.15) is 4.31 Å². The fraction of sp³-hybridized carbons (Fsp3) is 0.500. The Labute approximate surface area is 152 Å². The quantitative estimate of drug-likeness (QED) is 0.673. The maximum absolute atomic E-state index is 12.1. The summed E-state index contributed by atoms with van der Waals surface area (Å²) < 4.78 is 30.7. The first-order chi connectivity index (χ1) is 11.9. The van der Waals surface area contributed by atoms with Crippen LogP contribution in [0.2, 0.25) is 5.02 Å². The van der Waals surface area contributed by atoms with E-state index in [2.05, 4.69) is 5.32 Å². The van der Waals surface area contributed by atoms with Crippen molar-refractivity contribution in [2.45, 2.75) is 12.8 Å². The van der Waals surface area contributed by atoms with Gasteiger partial charge < -0.3 is 10.1 Å². The molecule has 0 atom stereocenters. The van der Waals surface area contributed by atoms with E-state index in [-0.39, 0.29) is 36.8 Å². The number of benzene rings is 1. The third kappa shape index (κ3) is 6.39. The standard InChI is InChI=1S/C16H21ClN2O5S/c17-14-3-1-13(2-4-14)15(20)5-6-16(21)18-7-12-25(22,23)19-8-10-24-11-9-19/h1-4H,5-12H2,(H,18,21). The largest absolute Gasteiger partial charge is 0.379 e. The van der Waals surface area contributed by atoms with Gasteiger partial charge in [0.15, 0.2) is 5.78 Å². The summed E-state index contributed by atoms with van der Waals surface area (Å²) >= 11 is 5.76. The summed E-state index contributed by atoms with van der Waals surface area (Å²) in [5.74, 6) is -0.670. The van der Waals surface area contributed by atoms with Crippen LogP contribution in [0.4, 0.5) is 0 Å². The van der Waals surface area contributed by atoms with Crippen molar-refractivity contribution in [3.63, 3.8) is 0 Å². The molecule has 0 bridgehead atoms. The summed E-state index contributed by atoms with van der Waals surface area (Å²) in [5, 5.41) is 3.08. The topological polar surface area (TPSA) is 92.8 Å². The SMILES string of the molecule is O=C(CCC(=O)c1ccc(Cl)cc1)NCCS(=O)(=O)N1CCOCC1. The van der Waals surface area contributed by atoms with E-state index >= 15 is 0 Å². The highest BCUT2D eigenvalue weighted by molar-refractivity contribution is 7.89. The van der Waals surface area contributed by atoms with E-state index in [1.807, 2.05) is 0 Å². The first-order valence-corrected chi connectivity index (χ1v) is 9.98. The molecule has 0 radical (unpaired) electrons. The summed E-state index contributed by atoms with van der Waals surface area (Å²) in [6.45, 7) is 1.47. The molecule has 9 heteroatoms. The third-order valence-electron chi connectivity index (χ3n) is 3.79. The van der Waals surface area contributed by atoms with Crippen molar-refractivity contribution in [2.75, 3.05) is 38.6 Å². The van der Waals surface area contributed by atoms with Gasteiger partial charge in [-0.3, -0.25) is 9.59 Å². The molecule has 1 aromatic rings. The number of hydrogen-bond donors (Lipinski definition) is 1. The molecule has 1 saturated heterocycles. The molecule has 1 N–H and O–H groups in total. The van der Waals surface area contributed by atoms with E-state index in [1.54, 1.807) is 24.3 Å². The minimum atomic E-state index is -3.40. The number of morpholine rings is 1. The number of carbonyl (C=O) groups excluding carboxylic acids is 2. The number of nitrogens with zero attached hydrogens (tertiary/aromatic N) is 1. The molecule has 7 nitrogen and oxygen atoms in total. The van der Waals surface area contributed by atoms with Crippen LogP contribution >= 0.6 is 11.6 Å². The molecule has 1 aliphatic rings. The second kappa shape index (κ2) is 9.28.